The smallest absolute Gasteiger partial charge is 0.235 e. The monoisotopic (exact) mass is 182 g/mol. The predicted octanol–water partition coefficient (Wildman–Crippen LogP) is 1.59. The van der Waals surface area contributed by atoms with Crippen molar-refractivity contribution in [1.29, 1.82) is 0 Å². The van der Waals surface area contributed by atoms with Gasteiger partial charge in [-0.05, 0) is 40.2 Å². The summed E-state index contributed by atoms with van der Waals surface area (Å²) >= 11 is 0. The Morgan fingerprint density at radius 2 is 2.15 bits per heavy atom. The highest BCUT2D eigenvalue weighted by Gasteiger charge is 2.27. The molecule has 1 aliphatic heterocycles. The number of carbonyl (C=O) groups excluding carboxylic acids is 1. The normalized spacial score (nSPS) is 25.3. The number of isocyanates is 1. The van der Waals surface area contributed by atoms with Crippen LogP contribution in [-0.2, 0) is 4.79 Å². The molecular weight excluding hydrogens is 164 g/mol. The standard InChI is InChI=1S/C10H18N2O/c1-10(2,3)12-6-4-5-9(7-12)11-8-13/h9H,4-7H2,1-3H3. The second-order valence-corrected chi connectivity index (χ2v) is 4.63. The Morgan fingerprint density at radius 3 is 2.69 bits per heavy atom. The zero-order chi connectivity index (χ0) is 9.90. The molecule has 74 valence electrons. The van der Waals surface area contributed by atoms with Crippen LogP contribution in [0.1, 0.15) is 33.6 Å². The zero-order valence-electron chi connectivity index (χ0n) is 8.71. The first-order valence-electron chi connectivity index (χ1n) is 4.86. The Kier molecular flexibility index (Phi) is 3.23. The van der Waals surface area contributed by atoms with E-state index in [1.54, 1.807) is 6.08 Å². The Balaban J connectivity index is 2.56. The number of hydrogen-bond donors (Lipinski definition) is 0. The molecule has 3 heteroatoms. The van der Waals surface area contributed by atoms with Gasteiger partial charge in [0.2, 0.25) is 6.08 Å². The maximum absolute atomic E-state index is 10.1. The predicted molar refractivity (Wildman–Crippen MR) is 52.5 cm³/mol. The molecule has 1 heterocycles. The number of piperidine rings is 1. The average Bonchev–Trinajstić information content (AvgIpc) is 2.04. The number of likely N-dealkylation sites (tertiary alicyclic amines) is 1. The highest BCUT2D eigenvalue weighted by molar-refractivity contribution is 5.33. The summed E-state index contributed by atoms with van der Waals surface area (Å²) in [6.45, 7) is 8.60. The van der Waals surface area contributed by atoms with Crippen molar-refractivity contribution in [3.8, 4) is 0 Å². The van der Waals surface area contributed by atoms with E-state index in [-0.39, 0.29) is 11.6 Å². The fraction of sp³-hybridized carbons (Fsp3) is 0.900. The Hall–Kier alpha value is -0.660. The van der Waals surface area contributed by atoms with Crippen molar-refractivity contribution in [2.45, 2.75) is 45.2 Å². The van der Waals surface area contributed by atoms with E-state index in [0.29, 0.717) is 0 Å². The van der Waals surface area contributed by atoms with E-state index in [2.05, 4.69) is 30.7 Å². The fourth-order valence-electron chi connectivity index (χ4n) is 1.74. The van der Waals surface area contributed by atoms with Gasteiger partial charge in [-0.2, -0.15) is 0 Å². The largest absolute Gasteiger partial charge is 0.296 e. The molecule has 0 amide bonds. The van der Waals surface area contributed by atoms with E-state index in [9.17, 15) is 4.79 Å². The quantitative estimate of drug-likeness (QED) is 0.455. The van der Waals surface area contributed by atoms with Crippen LogP contribution < -0.4 is 0 Å². The molecule has 0 N–H and O–H groups in total. The maximum atomic E-state index is 10.1. The van der Waals surface area contributed by atoms with Crippen LogP contribution in [0.15, 0.2) is 4.99 Å². The van der Waals surface area contributed by atoms with Crippen molar-refractivity contribution in [2.75, 3.05) is 13.1 Å². The minimum absolute atomic E-state index is 0.172. The van der Waals surface area contributed by atoms with Gasteiger partial charge in [-0.25, -0.2) is 9.79 Å². The van der Waals surface area contributed by atoms with Crippen molar-refractivity contribution in [2.24, 2.45) is 4.99 Å². The van der Waals surface area contributed by atoms with Gasteiger partial charge in [0.05, 0.1) is 6.04 Å². The molecule has 0 spiro atoms. The third-order valence-electron chi connectivity index (χ3n) is 2.58. The Labute approximate surface area is 79.8 Å². The van der Waals surface area contributed by atoms with Crippen LogP contribution in [0.3, 0.4) is 0 Å². The summed E-state index contributed by atoms with van der Waals surface area (Å²) in [6, 6.07) is 0.172. The van der Waals surface area contributed by atoms with Gasteiger partial charge in [-0.1, -0.05) is 0 Å². The van der Waals surface area contributed by atoms with E-state index in [0.717, 1.165) is 25.9 Å². The fourth-order valence-corrected chi connectivity index (χ4v) is 1.74. The summed E-state index contributed by atoms with van der Waals surface area (Å²) in [4.78, 5) is 16.3. The van der Waals surface area contributed by atoms with E-state index < -0.39 is 0 Å². The molecule has 3 nitrogen and oxygen atoms in total. The second kappa shape index (κ2) is 4.03. The van der Waals surface area contributed by atoms with Crippen LogP contribution in [0.4, 0.5) is 0 Å². The molecule has 1 saturated heterocycles. The Morgan fingerprint density at radius 1 is 1.46 bits per heavy atom. The van der Waals surface area contributed by atoms with Crippen molar-refractivity contribution in [3.63, 3.8) is 0 Å². The van der Waals surface area contributed by atoms with E-state index in [1.165, 1.54) is 0 Å². The molecule has 0 aromatic carbocycles. The lowest BCUT2D eigenvalue weighted by atomic mass is 9.98. The first-order chi connectivity index (χ1) is 6.04. The van der Waals surface area contributed by atoms with E-state index in [4.69, 9.17) is 0 Å². The van der Waals surface area contributed by atoms with Gasteiger partial charge in [0, 0.05) is 12.1 Å². The molecule has 0 bridgehead atoms. The molecule has 0 saturated carbocycles. The van der Waals surface area contributed by atoms with Crippen LogP contribution in [0.25, 0.3) is 0 Å². The molecule has 0 aromatic rings. The highest BCUT2D eigenvalue weighted by Crippen LogP contribution is 2.21. The number of rotatable bonds is 1. The lowest BCUT2D eigenvalue weighted by Gasteiger charge is -2.40. The Bertz CT molecular complexity index is 213. The van der Waals surface area contributed by atoms with Crippen LogP contribution >= 0.6 is 0 Å². The van der Waals surface area contributed by atoms with Gasteiger partial charge in [0.25, 0.3) is 0 Å². The zero-order valence-corrected chi connectivity index (χ0v) is 8.71. The molecule has 1 fully saturated rings. The molecular formula is C10H18N2O. The molecule has 0 aliphatic carbocycles. The van der Waals surface area contributed by atoms with Crippen molar-refractivity contribution in [3.05, 3.63) is 0 Å². The minimum Gasteiger partial charge on any atom is -0.296 e. The van der Waals surface area contributed by atoms with Gasteiger partial charge < -0.3 is 0 Å². The van der Waals surface area contributed by atoms with Crippen molar-refractivity contribution < 1.29 is 4.79 Å². The number of aliphatic imine (C=N–C) groups is 1. The van der Waals surface area contributed by atoms with Crippen molar-refractivity contribution >= 4 is 6.08 Å². The molecule has 1 aliphatic rings. The van der Waals surface area contributed by atoms with Gasteiger partial charge in [-0.15, -0.1) is 0 Å². The van der Waals surface area contributed by atoms with Crippen LogP contribution in [-0.4, -0.2) is 35.7 Å². The SMILES string of the molecule is CC(C)(C)N1CCCC(N=C=O)C1. The maximum Gasteiger partial charge on any atom is 0.235 e. The van der Waals surface area contributed by atoms with Crippen LogP contribution in [0.5, 0.6) is 0 Å². The van der Waals surface area contributed by atoms with E-state index >= 15 is 0 Å². The van der Waals surface area contributed by atoms with Crippen LogP contribution in [0.2, 0.25) is 0 Å². The van der Waals surface area contributed by atoms with Gasteiger partial charge in [0.15, 0.2) is 0 Å². The summed E-state index contributed by atoms with van der Waals surface area (Å²) < 4.78 is 0. The highest BCUT2D eigenvalue weighted by atomic mass is 16.1. The summed E-state index contributed by atoms with van der Waals surface area (Å²) in [5, 5.41) is 0. The molecule has 1 rings (SSSR count). The summed E-state index contributed by atoms with van der Waals surface area (Å²) in [7, 11) is 0. The molecule has 0 aromatic heterocycles. The van der Waals surface area contributed by atoms with Gasteiger partial charge in [-0.3, -0.25) is 4.90 Å². The number of hydrogen-bond acceptors (Lipinski definition) is 3. The third kappa shape index (κ3) is 2.94. The summed E-state index contributed by atoms with van der Waals surface area (Å²) in [6.07, 6.45) is 3.82. The molecule has 13 heavy (non-hydrogen) atoms. The molecule has 1 atom stereocenters. The lowest BCUT2D eigenvalue weighted by molar-refractivity contribution is 0.100. The first-order valence-corrected chi connectivity index (χ1v) is 4.86. The van der Waals surface area contributed by atoms with Crippen LogP contribution in [0, 0.1) is 0 Å². The van der Waals surface area contributed by atoms with Gasteiger partial charge >= 0.3 is 0 Å². The first kappa shape index (κ1) is 10.4. The molecule has 1 unspecified atom stereocenters. The van der Waals surface area contributed by atoms with E-state index in [1.807, 2.05) is 0 Å². The third-order valence-corrected chi connectivity index (χ3v) is 2.58. The second-order valence-electron chi connectivity index (χ2n) is 4.63. The minimum atomic E-state index is 0.172. The van der Waals surface area contributed by atoms with Crippen molar-refractivity contribution in [1.82, 2.24) is 4.90 Å². The summed E-state index contributed by atoms with van der Waals surface area (Å²) in [5.41, 5.74) is 0.192. The number of nitrogens with zero attached hydrogens (tertiary/aromatic N) is 2. The van der Waals surface area contributed by atoms with Gasteiger partial charge in [0.1, 0.15) is 0 Å². The topological polar surface area (TPSA) is 32.7 Å². The summed E-state index contributed by atoms with van der Waals surface area (Å²) in [5.74, 6) is 0. The average molecular weight is 182 g/mol. The molecule has 0 radical (unpaired) electrons. The lowest BCUT2D eigenvalue weighted by Crippen LogP contribution is -2.48.